The molecule has 1 rings (SSSR count). The molecule has 0 radical (unpaired) electrons. The molecule has 0 saturated carbocycles. The summed E-state index contributed by atoms with van der Waals surface area (Å²) in [7, 11) is 0. The first-order valence-electron chi connectivity index (χ1n) is 4.59. The number of rotatable bonds is 4. The first-order valence-corrected chi connectivity index (χ1v) is 5.38. The molecule has 15 heavy (non-hydrogen) atoms. The average Bonchev–Trinajstić information content (AvgIpc) is 2.23. The standard InChI is InChI=1S/C10H13ClN2OS/c11-9-3-1-2-8(6-9)7-13-10(15)12-4-5-14/h1-3,6,14H,4-5,7H2,(H2,12,13,15). The van der Waals surface area contributed by atoms with Crippen LogP contribution in [0.2, 0.25) is 5.02 Å². The van der Waals surface area contributed by atoms with E-state index in [-0.39, 0.29) is 6.61 Å². The smallest absolute Gasteiger partial charge is 0.166 e. The van der Waals surface area contributed by atoms with Crippen molar-refractivity contribution < 1.29 is 5.11 Å². The van der Waals surface area contributed by atoms with Crippen LogP contribution >= 0.6 is 23.8 Å². The van der Waals surface area contributed by atoms with Crippen molar-refractivity contribution in [2.75, 3.05) is 13.2 Å². The minimum absolute atomic E-state index is 0.0684. The molecular weight excluding hydrogens is 232 g/mol. The van der Waals surface area contributed by atoms with E-state index in [1.165, 1.54) is 0 Å². The second-order valence-electron chi connectivity index (χ2n) is 2.96. The lowest BCUT2D eigenvalue weighted by Gasteiger charge is -2.09. The minimum Gasteiger partial charge on any atom is -0.395 e. The Morgan fingerprint density at radius 1 is 1.40 bits per heavy atom. The maximum atomic E-state index is 8.57. The summed E-state index contributed by atoms with van der Waals surface area (Å²) >= 11 is 10.8. The van der Waals surface area contributed by atoms with Crippen molar-refractivity contribution in [2.24, 2.45) is 0 Å². The zero-order chi connectivity index (χ0) is 11.1. The van der Waals surface area contributed by atoms with Gasteiger partial charge in [0.2, 0.25) is 0 Å². The Balaban J connectivity index is 2.33. The maximum Gasteiger partial charge on any atom is 0.166 e. The number of hydrogen-bond acceptors (Lipinski definition) is 2. The summed E-state index contributed by atoms with van der Waals surface area (Å²) in [6.45, 7) is 1.15. The fraction of sp³-hybridized carbons (Fsp3) is 0.300. The molecule has 0 atom stereocenters. The predicted octanol–water partition coefficient (Wildman–Crippen LogP) is 1.30. The van der Waals surface area contributed by atoms with Gasteiger partial charge in [0.15, 0.2) is 5.11 Å². The van der Waals surface area contributed by atoms with E-state index in [1.54, 1.807) is 0 Å². The highest BCUT2D eigenvalue weighted by Gasteiger charge is 1.96. The van der Waals surface area contributed by atoms with Gasteiger partial charge in [-0.3, -0.25) is 0 Å². The summed E-state index contributed by atoms with van der Waals surface area (Å²) in [5.74, 6) is 0. The quantitative estimate of drug-likeness (QED) is 0.699. The van der Waals surface area contributed by atoms with Crippen molar-refractivity contribution in [3.8, 4) is 0 Å². The van der Waals surface area contributed by atoms with Crippen LogP contribution in [0.4, 0.5) is 0 Å². The Labute approximate surface area is 99.4 Å². The molecule has 0 fully saturated rings. The molecule has 0 amide bonds. The van der Waals surface area contributed by atoms with Gasteiger partial charge in [-0.2, -0.15) is 0 Å². The third-order valence-corrected chi connectivity index (χ3v) is 2.26. The first kappa shape index (κ1) is 12.2. The minimum atomic E-state index is 0.0684. The topological polar surface area (TPSA) is 44.3 Å². The lowest BCUT2D eigenvalue weighted by molar-refractivity contribution is 0.300. The summed E-state index contributed by atoms with van der Waals surface area (Å²) in [6, 6.07) is 7.56. The SMILES string of the molecule is OCCNC(=S)NCc1cccc(Cl)c1. The molecule has 0 saturated heterocycles. The summed E-state index contributed by atoms with van der Waals surface area (Å²) in [5, 5.41) is 15.7. The van der Waals surface area contributed by atoms with Gasteiger partial charge in [0.25, 0.3) is 0 Å². The third-order valence-electron chi connectivity index (χ3n) is 1.74. The molecule has 1 aromatic rings. The fourth-order valence-electron chi connectivity index (χ4n) is 1.06. The Bertz CT molecular complexity index is 333. The normalized spacial score (nSPS) is 9.73. The molecule has 1 aromatic carbocycles. The zero-order valence-corrected chi connectivity index (χ0v) is 9.74. The van der Waals surface area contributed by atoms with Crippen molar-refractivity contribution in [3.63, 3.8) is 0 Å². The Morgan fingerprint density at radius 3 is 2.87 bits per heavy atom. The van der Waals surface area contributed by atoms with Crippen LogP contribution in [0.1, 0.15) is 5.56 Å². The molecule has 0 aliphatic heterocycles. The number of benzene rings is 1. The highest BCUT2D eigenvalue weighted by molar-refractivity contribution is 7.80. The Kier molecular flexibility index (Phi) is 5.39. The molecule has 0 aliphatic rings. The molecule has 0 aliphatic carbocycles. The van der Waals surface area contributed by atoms with Gasteiger partial charge in [0.05, 0.1) is 6.61 Å². The number of nitrogens with one attached hydrogen (secondary N) is 2. The van der Waals surface area contributed by atoms with Crippen molar-refractivity contribution in [1.82, 2.24) is 10.6 Å². The molecule has 5 heteroatoms. The number of hydrogen-bond donors (Lipinski definition) is 3. The first-order chi connectivity index (χ1) is 7.22. The largest absolute Gasteiger partial charge is 0.395 e. The third kappa shape index (κ3) is 4.97. The lowest BCUT2D eigenvalue weighted by atomic mass is 10.2. The molecule has 0 aromatic heterocycles. The summed E-state index contributed by atoms with van der Waals surface area (Å²) in [4.78, 5) is 0. The van der Waals surface area contributed by atoms with E-state index in [0.29, 0.717) is 23.2 Å². The van der Waals surface area contributed by atoms with Crippen molar-refractivity contribution in [3.05, 3.63) is 34.9 Å². The van der Waals surface area contributed by atoms with Crippen LogP contribution < -0.4 is 10.6 Å². The number of aliphatic hydroxyl groups is 1. The van der Waals surface area contributed by atoms with Gasteiger partial charge < -0.3 is 15.7 Å². The predicted molar refractivity (Wildman–Crippen MR) is 66.0 cm³/mol. The second kappa shape index (κ2) is 6.61. The van der Waals surface area contributed by atoms with Crippen LogP contribution in [0.25, 0.3) is 0 Å². The molecule has 82 valence electrons. The van der Waals surface area contributed by atoms with Crippen molar-refractivity contribution in [2.45, 2.75) is 6.54 Å². The zero-order valence-electron chi connectivity index (χ0n) is 8.16. The molecule has 0 spiro atoms. The highest BCUT2D eigenvalue weighted by atomic mass is 35.5. The number of aliphatic hydroxyl groups excluding tert-OH is 1. The van der Waals surface area contributed by atoms with E-state index >= 15 is 0 Å². The monoisotopic (exact) mass is 244 g/mol. The second-order valence-corrected chi connectivity index (χ2v) is 3.81. The Hall–Kier alpha value is -0.840. The van der Waals surface area contributed by atoms with Crippen molar-refractivity contribution in [1.29, 1.82) is 0 Å². The molecule has 3 nitrogen and oxygen atoms in total. The van der Waals surface area contributed by atoms with Gasteiger partial charge in [0, 0.05) is 18.1 Å². The summed E-state index contributed by atoms with van der Waals surface area (Å²) in [6.07, 6.45) is 0. The molecule has 0 bridgehead atoms. The molecular formula is C10H13ClN2OS. The van der Waals surface area contributed by atoms with Crippen LogP contribution in [-0.4, -0.2) is 23.4 Å². The number of halogens is 1. The van der Waals surface area contributed by atoms with Crippen LogP contribution in [0.3, 0.4) is 0 Å². The Morgan fingerprint density at radius 2 is 2.20 bits per heavy atom. The van der Waals surface area contributed by atoms with Crippen LogP contribution in [0.15, 0.2) is 24.3 Å². The van der Waals surface area contributed by atoms with Crippen LogP contribution in [0, 0.1) is 0 Å². The van der Waals surface area contributed by atoms with E-state index in [2.05, 4.69) is 10.6 Å². The fourth-order valence-corrected chi connectivity index (χ4v) is 1.45. The van der Waals surface area contributed by atoms with Gasteiger partial charge in [-0.25, -0.2) is 0 Å². The van der Waals surface area contributed by atoms with Crippen LogP contribution in [-0.2, 0) is 6.54 Å². The van der Waals surface area contributed by atoms with E-state index in [9.17, 15) is 0 Å². The highest BCUT2D eigenvalue weighted by Crippen LogP contribution is 2.09. The summed E-state index contributed by atoms with van der Waals surface area (Å²) < 4.78 is 0. The van der Waals surface area contributed by atoms with Gasteiger partial charge in [-0.1, -0.05) is 23.7 Å². The van der Waals surface area contributed by atoms with Crippen LogP contribution in [0.5, 0.6) is 0 Å². The van der Waals surface area contributed by atoms with Crippen molar-refractivity contribution >= 4 is 28.9 Å². The van der Waals surface area contributed by atoms with Gasteiger partial charge in [-0.05, 0) is 29.9 Å². The van der Waals surface area contributed by atoms with E-state index < -0.39 is 0 Å². The average molecular weight is 245 g/mol. The van der Waals surface area contributed by atoms with E-state index in [4.69, 9.17) is 28.9 Å². The van der Waals surface area contributed by atoms with Gasteiger partial charge in [0.1, 0.15) is 0 Å². The maximum absolute atomic E-state index is 8.57. The van der Waals surface area contributed by atoms with E-state index in [1.807, 2.05) is 24.3 Å². The molecule has 0 heterocycles. The molecule has 3 N–H and O–H groups in total. The van der Waals surface area contributed by atoms with Gasteiger partial charge >= 0.3 is 0 Å². The molecule has 0 unspecified atom stereocenters. The van der Waals surface area contributed by atoms with E-state index in [0.717, 1.165) is 5.56 Å². The summed E-state index contributed by atoms with van der Waals surface area (Å²) in [5.41, 5.74) is 1.07. The lowest BCUT2D eigenvalue weighted by Crippen LogP contribution is -2.36. The van der Waals surface area contributed by atoms with Gasteiger partial charge in [-0.15, -0.1) is 0 Å². The number of thiocarbonyl (C=S) groups is 1.